The summed E-state index contributed by atoms with van der Waals surface area (Å²) >= 11 is 0. The fourth-order valence-corrected chi connectivity index (χ4v) is 1.63. The fourth-order valence-electron chi connectivity index (χ4n) is 1.27. The van der Waals surface area contributed by atoms with Crippen molar-refractivity contribution in [3.8, 4) is 0 Å². The maximum Gasteiger partial charge on any atom is 0.315 e. The van der Waals surface area contributed by atoms with Crippen LogP contribution in [-0.2, 0) is 11.0 Å². The van der Waals surface area contributed by atoms with Gasteiger partial charge in [0, 0.05) is 25.4 Å². The SMILES string of the molecule is CCNC(=O)N[C@H](CN(C)S(C)=O)C(C)(C)C. The minimum Gasteiger partial charge on any atom is -0.338 e. The lowest BCUT2D eigenvalue weighted by atomic mass is 9.87. The van der Waals surface area contributed by atoms with Crippen molar-refractivity contribution in [1.29, 1.82) is 0 Å². The summed E-state index contributed by atoms with van der Waals surface area (Å²) in [6.45, 7) is 9.18. The summed E-state index contributed by atoms with van der Waals surface area (Å²) in [5.41, 5.74) is -0.0846. The Hall–Kier alpha value is -0.620. The van der Waals surface area contributed by atoms with E-state index in [1.165, 1.54) is 0 Å². The predicted molar refractivity (Wildman–Crippen MR) is 72.1 cm³/mol. The van der Waals surface area contributed by atoms with E-state index in [9.17, 15) is 9.00 Å². The maximum atomic E-state index is 11.5. The quantitative estimate of drug-likeness (QED) is 0.775. The molecule has 0 aliphatic rings. The maximum absolute atomic E-state index is 11.5. The smallest absolute Gasteiger partial charge is 0.315 e. The van der Waals surface area contributed by atoms with E-state index in [-0.39, 0.29) is 17.5 Å². The molecule has 0 aliphatic carbocycles. The number of urea groups is 1. The predicted octanol–water partition coefficient (Wildman–Crippen LogP) is 0.945. The van der Waals surface area contributed by atoms with Crippen LogP contribution < -0.4 is 10.6 Å². The summed E-state index contributed by atoms with van der Waals surface area (Å²) in [5.74, 6) is 0. The average Bonchev–Trinajstić information content (AvgIpc) is 2.15. The molecule has 5 nitrogen and oxygen atoms in total. The van der Waals surface area contributed by atoms with Gasteiger partial charge >= 0.3 is 6.03 Å². The molecule has 6 heteroatoms. The number of nitrogens with one attached hydrogen (secondary N) is 2. The average molecular weight is 263 g/mol. The first-order valence-electron chi connectivity index (χ1n) is 5.77. The van der Waals surface area contributed by atoms with E-state index in [0.29, 0.717) is 13.1 Å². The Labute approximate surface area is 107 Å². The minimum atomic E-state index is -1.02. The number of carbonyl (C=O) groups excluding carboxylic acids is 1. The van der Waals surface area contributed by atoms with Crippen LogP contribution in [-0.4, -0.2) is 47.0 Å². The van der Waals surface area contributed by atoms with Gasteiger partial charge in [0.15, 0.2) is 0 Å². The molecule has 0 fully saturated rings. The first-order chi connectivity index (χ1) is 7.68. The highest BCUT2D eigenvalue weighted by Crippen LogP contribution is 2.20. The van der Waals surface area contributed by atoms with Crippen LogP contribution in [0.25, 0.3) is 0 Å². The van der Waals surface area contributed by atoms with E-state index in [2.05, 4.69) is 31.4 Å². The number of likely N-dealkylation sites (N-methyl/N-ethyl adjacent to an activating group) is 1. The highest BCUT2D eigenvalue weighted by Gasteiger charge is 2.27. The van der Waals surface area contributed by atoms with Gasteiger partial charge in [-0.1, -0.05) is 20.8 Å². The molecule has 0 aromatic heterocycles. The highest BCUT2D eigenvalue weighted by molar-refractivity contribution is 7.81. The lowest BCUT2D eigenvalue weighted by molar-refractivity contribution is 0.209. The molecule has 0 rings (SSSR count). The van der Waals surface area contributed by atoms with Gasteiger partial charge in [-0.3, -0.25) is 0 Å². The van der Waals surface area contributed by atoms with Gasteiger partial charge in [0.2, 0.25) is 0 Å². The molecule has 0 radical (unpaired) electrons. The van der Waals surface area contributed by atoms with Crippen LogP contribution in [0.2, 0.25) is 0 Å². The van der Waals surface area contributed by atoms with Crippen molar-refractivity contribution in [1.82, 2.24) is 14.9 Å². The molecule has 0 aromatic carbocycles. The lowest BCUT2D eigenvalue weighted by Crippen LogP contribution is -2.52. The van der Waals surface area contributed by atoms with Crippen LogP contribution >= 0.6 is 0 Å². The molecular weight excluding hydrogens is 238 g/mol. The third-order valence-corrected chi connectivity index (χ3v) is 3.59. The van der Waals surface area contributed by atoms with Gasteiger partial charge in [-0.05, 0) is 19.4 Å². The van der Waals surface area contributed by atoms with Crippen molar-refractivity contribution in [3.63, 3.8) is 0 Å². The molecule has 2 atom stereocenters. The van der Waals surface area contributed by atoms with E-state index >= 15 is 0 Å². The third kappa shape index (κ3) is 6.63. The number of hydrogen-bond donors (Lipinski definition) is 2. The molecule has 0 heterocycles. The Morgan fingerprint density at radius 2 is 1.94 bits per heavy atom. The molecule has 102 valence electrons. The van der Waals surface area contributed by atoms with Crippen molar-refractivity contribution in [2.45, 2.75) is 33.7 Å². The van der Waals surface area contributed by atoms with Crippen LogP contribution in [0.4, 0.5) is 4.79 Å². The molecular formula is C11H25N3O2S. The second-order valence-corrected chi connectivity index (χ2v) is 6.63. The number of hydrogen-bond acceptors (Lipinski definition) is 2. The van der Waals surface area contributed by atoms with E-state index in [0.717, 1.165) is 0 Å². The summed E-state index contributed by atoms with van der Waals surface area (Å²) < 4.78 is 13.1. The fraction of sp³-hybridized carbons (Fsp3) is 0.909. The molecule has 17 heavy (non-hydrogen) atoms. The Bertz CT molecular complexity index is 276. The van der Waals surface area contributed by atoms with E-state index in [1.807, 2.05) is 6.92 Å². The summed E-state index contributed by atoms with van der Waals surface area (Å²) in [7, 11) is 0.763. The molecule has 0 aromatic rings. The van der Waals surface area contributed by atoms with Gasteiger partial charge in [-0.15, -0.1) is 0 Å². The summed E-state index contributed by atoms with van der Waals surface area (Å²) in [5, 5.41) is 5.62. The van der Waals surface area contributed by atoms with Crippen LogP contribution in [0.5, 0.6) is 0 Å². The summed E-state index contributed by atoms with van der Waals surface area (Å²) in [6, 6.07) is -0.231. The lowest BCUT2D eigenvalue weighted by Gasteiger charge is -2.33. The molecule has 0 spiro atoms. The molecule has 0 bridgehead atoms. The van der Waals surface area contributed by atoms with Gasteiger partial charge in [-0.25, -0.2) is 13.3 Å². The van der Waals surface area contributed by atoms with Gasteiger partial charge in [-0.2, -0.15) is 0 Å². The molecule has 0 aliphatic heterocycles. The zero-order chi connectivity index (χ0) is 13.6. The van der Waals surface area contributed by atoms with Crippen molar-refractivity contribution in [3.05, 3.63) is 0 Å². The van der Waals surface area contributed by atoms with Crippen LogP contribution in [0.1, 0.15) is 27.7 Å². The minimum absolute atomic E-state index is 0.0528. The number of amides is 2. The third-order valence-electron chi connectivity index (χ3n) is 2.57. The van der Waals surface area contributed by atoms with E-state index < -0.39 is 11.0 Å². The van der Waals surface area contributed by atoms with Gasteiger partial charge in [0.05, 0.1) is 11.0 Å². The molecule has 2 N–H and O–H groups in total. The molecule has 1 unspecified atom stereocenters. The van der Waals surface area contributed by atoms with Crippen molar-refractivity contribution in [2.24, 2.45) is 5.41 Å². The molecule has 2 amide bonds. The molecule has 0 saturated carbocycles. The standard InChI is InChI=1S/C11H25N3O2S/c1-7-12-10(15)13-9(11(2,3)4)8-14(5)17(6)16/h9H,7-8H2,1-6H3,(H2,12,13,15)/t9-,17?/m1/s1. The van der Waals surface area contributed by atoms with Gasteiger partial charge in [0.25, 0.3) is 0 Å². The Morgan fingerprint density at radius 1 is 1.41 bits per heavy atom. The zero-order valence-corrected chi connectivity index (χ0v) is 12.5. The Kier molecular flexibility index (Phi) is 6.70. The van der Waals surface area contributed by atoms with Gasteiger partial charge < -0.3 is 10.6 Å². The number of carbonyl (C=O) groups is 1. The summed E-state index contributed by atoms with van der Waals surface area (Å²) in [4.78, 5) is 11.5. The second-order valence-electron chi connectivity index (χ2n) is 5.16. The largest absolute Gasteiger partial charge is 0.338 e. The molecule has 0 saturated heterocycles. The van der Waals surface area contributed by atoms with Crippen LogP contribution in [0.15, 0.2) is 0 Å². The van der Waals surface area contributed by atoms with Crippen LogP contribution in [0.3, 0.4) is 0 Å². The first kappa shape index (κ1) is 16.4. The summed E-state index contributed by atoms with van der Waals surface area (Å²) in [6.07, 6.45) is 1.63. The van der Waals surface area contributed by atoms with E-state index in [1.54, 1.807) is 17.6 Å². The normalized spacial score (nSPS) is 15.5. The highest BCUT2D eigenvalue weighted by atomic mass is 32.2. The topological polar surface area (TPSA) is 61.4 Å². The Morgan fingerprint density at radius 3 is 2.29 bits per heavy atom. The first-order valence-corrected chi connectivity index (χ1v) is 7.29. The van der Waals surface area contributed by atoms with E-state index in [4.69, 9.17) is 0 Å². The van der Waals surface area contributed by atoms with Gasteiger partial charge in [0.1, 0.15) is 0 Å². The van der Waals surface area contributed by atoms with Crippen molar-refractivity contribution in [2.75, 3.05) is 26.4 Å². The van der Waals surface area contributed by atoms with Crippen molar-refractivity contribution >= 4 is 17.0 Å². The van der Waals surface area contributed by atoms with Crippen LogP contribution in [0, 0.1) is 5.41 Å². The van der Waals surface area contributed by atoms with Crippen molar-refractivity contribution < 1.29 is 9.00 Å². The number of nitrogens with zero attached hydrogens (tertiary/aromatic N) is 1. The Balaban J connectivity index is 4.56. The monoisotopic (exact) mass is 263 g/mol. The zero-order valence-electron chi connectivity index (χ0n) is 11.7. The second kappa shape index (κ2) is 6.96. The number of rotatable bonds is 5.